The van der Waals surface area contributed by atoms with Crippen molar-refractivity contribution in [2.45, 2.75) is 0 Å². The van der Waals surface area contributed by atoms with Crippen LogP contribution in [0.15, 0.2) is 152 Å². The maximum absolute atomic E-state index is 5.51. The minimum atomic E-state index is 0.598. The predicted molar refractivity (Wildman–Crippen MR) is 296 cm³/mol. The zero-order valence-corrected chi connectivity index (χ0v) is 37.7. The Balaban J connectivity index is 1.28. The minimum absolute atomic E-state index is 0.598. The Labute approximate surface area is 380 Å². The van der Waals surface area contributed by atoms with Gasteiger partial charge in [0.05, 0.1) is 11.0 Å². The molecule has 294 valence electrons. The lowest BCUT2D eigenvalue weighted by Gasteiger charge is -2.15. The third kappa shape index (κ3) is 6.16. The molecule has 0 saturated heterocycles. The normalized spacial score (nSPS) is 11.6. The molecule has 0 spiro atoms. The molecule has 13 heteroatoms. The molecule has 0 saturated carbocycles. The van der Waals surface area contributed by atoms with Crippen molar-refractivity contribution in [1.29, 1.82) is 0 Å². The predicted octanol–water partition coefficient (Wildman–Crippen LogP) is -1.20. The molecular formula is C51H41B8N5. The Kier molecular flexibility index (Phi) is 9.50. The van der Waals surface area contributed by atoms with Gasteiger partial charge in [0, 0.05) is 38.6 Å². The lowest BCUT2D eigenvalue weighted by molar-refractivity contribution is 0.956. The number of nitrogens with zero attached hydrogens (tertiary/aromatic N) is 5. The lowest BCUT2D eigenvalue weighted by Crippen LogP contribution is -2.31. The van der Waals surface area contributed by atoms with E-state index in [0.29, 0.717) is 17.6 Å². The maximum Gasteiger partial charge on any atom is 0.238 e. The summed E-state index contributed by atoms with van der Waals surface area (Å²) in [7, 11) is 18.2. The first-order valence-corrected chi connectivity index (χ1v) is 22.2. The Hall–Kier alpha value is -7.11. The SMILES string of the molecule is Bc1cc(B)c2c(c1B)c1c(B)c3c(c(B)c1n2-c1ccccc1)c1c(B)c(B)cc(B)c1n3-c1nc(-c2ccc(-c3ccccc3)cc2)nc(-c2cccc(-c3ccccc3)c2)n1. The standard InChI is InChI=1S/C51H41B8N5/c52-33-24-35(54)45-37(41(33)56)39-44(59)48-40(43(58)47(39)63(45)32-17-8-3-9-18-32)38-42(57)34(53)25-36(55)46(38)64(48)51-61-49(29-21-19-28(20-22-29)26-11-4-1-5-12-26)60-50(62-51)31-16-10-15-30(23-31)27-13-6-2-7-14-27/h1-25H,52-59H2. The average molecular weight is 810 g/mol. The zero-order chi connectivity index (χ0) is 44.0. The maximum atomic E-state index is 5.51. The molecule has 0 aliphatic carbocycles. The van der Waals surface area contributed by atoms with Crippen molar-refractivity contribution < 1.29 is 0 Å². The smallest absolute Gasteiger partial charge is 0.238 e. The molecule has 0 bridgehead atoms. The Morgan fingerprint density at radius 1 is 0.297 bits per heavy atom. The van der Waals surface area contributed by atoms with Crippen LogP contribution < -0.4 is 43.7 Å². The van der Waals surface area contributed by atoms with Crippen molar-refractivity contribution in [2.24, 2.45) is 0 Å². The fourth-order valence-electron chi connectivity index (χ4n) is 10.4. The van der Waals surface area contributed by atoms with E-state index in [-0.39, 0.29) is 0 Å². The van der Waals surface area contributed by atoms with Gasteiger partial charge in [0.1, 0.15) is 62.8 Å². The van der Waals surface area contributed by atoms with E-state index in [4.69, 9.17) is 15.0 Å². The number of rotatable bonds is 6. The van der Waals surface area contributed by atoms with Crippen molar-refractivity contribution in [3.05, 3.63) is 152 Å². The number of hydrogen-bond acceptors (Lipinski definition) is 3. The number of fused-ring (bicyclic) bond motifs is 6. The summed E-state index contributed by atoms with van der Waals surface area (Å²) in [5.74, 6) is 1.85. The highest BCUT2D eigenvalue weighted by atomic mass is 15.2. The van der Waals surface area contributed by atoms with Crippen LogP contribution in [0.5, 0.6) is 0 Å². The van der Waals surface area contributed by atoms with Crippen LogP contribution >= 0.6 is 0 Å². The van der Waals surface area contributed by atoms with Crippen LogP contribution in [0.3, 0.4) is 0 Å². The van der Waals surface area contributed by atoms with E-state index in [1.165, 1.54) is 81.8 Å². The van der Waals surface area contributed by atoms with Gasteiger partial charge in [-0.3, -0.25) is 4.57 Å². The first kappa shape index (κ1) is 39.7. The van der Waals surface area contributed by atoms with Crippen LogP contribution in [-0.2, 0) is 0 Å². The largest absolute Gasteiger partial charge is 0.310 e. The molecule has 0 amide bonds. The molecule has 64 heavy (non-hydrogen) atoms. The van der Waals surface area contributed by atoms with E-state index in [1.807, 2.05) is 0 Å². The van der Waals surface area contributed by atoms with Crippen molar-refractivity contribution >= 4 is 150 Å². The monoisotopic (exact) mass is 811 g/mol. The highest BCUT2D eigenvalue weighted by Gasteiger charge is 2.28. The molecule has 0 fully saturated rings. The third-order valence-electron chi connectivity index (χ3n) is 13.7. The topological polar surface area (TPSA) is 48.5 Å². The van der Waals surface area contributed by atoms with Crippen LogP contribution in [0.2, 0.25) is 0 Å². The first-order valence-electron chi connectivity index (χ1n) is 22.2. The first-order chi connectivity index (χ1) is 31.1. The summed E-state index contributed by atoms with van der Waals surface area (Å²) in [6.45, 7) is 0. The van der Waals surface area contributed by atoms with Gasteiger partial charge in [-0.15, -0.1) is 0 Å². The molecule has 11 rings (SSSR count). The van der Waals surface area contributed by atoms with Gasteiger partial charge in [-0.05, 0) is 51.2 Å². The summed E-state index contributed by atoms with van der Waals surface area (Å²) in [4.78, 5) is 16.3. The van der Waals surface area contributed by atoms with Crippen molar-refractivity contribution in [3.8, 4) is 56.7 Å². The highest BCUT2D eigenvalue weighted by Crippen LogP contribution is 2.36. The summed E-state index contributed by atoms with van der Waals surface area (Å²) < 4.78 is 4.89. The second-order valence-corrected chi connectivity index (χ2v) is 17.6. The van der Waals surface area contributed by atoms with Crippen molar-refractivity contribution in [3.63, 3.8) is 0 Å². The summed E-state index contributed by atoms with van der Waals surface area (Å²) >= 11 is 0. The fourth-order valence-corrected chi connectivity index (χ4v) is 10.4. The molecule has 3 aromatic heterocycles. The van der Waals surface area contributed by atoms with E-state index in [9.17, 15) is 0 Å². The van der Waals surface area contributed by atoms with Crippen molar-refractivity contribution in [1.82, 2.24) is 24.1 Å². The molecule has 0 N–H and O–H groups in total. The molecule has 3 heterocycles. The van der Waals surface area contributed by atoms with E-state index in [1.54, 1.807) is 0 Å². The van der Waals surface area contributed by atoms with Gasteiger partial charge in [-0.25, -0.2) is 4.98 Å². The van der Waals surface area contributed by atoms with Crippen molar-refractivity contribution in [2.75, 3.05) is 0 Å². The van der Waals surface area contributed by atoms with E-state index >= 15 is 0 Å². The highest BCUT2D eigenvalue weighted by molar-refractivity contribution is 6.65. The van der Waals surface area contributed by atoms with Crippen LogP contribution in [0, 0.1) is 0 Å². The number of para-hydroxylation sites is 1. The quantitative estimate of drug-likeness (QED) is 0.199. The molecule has 11 aromatic rings. The van der Waals surface area contributed by atoms with E-state index in [2.05, 4.69) is 224 Å². The van der Waals surface area contributed by atoms with Gasteiger partial charge < -0.3 is 4.57 Å². The second kappa shape index (κ2) is 15.3. The summed E-state index contributed by atoms with van der Waals surface area (Å²) in [5.41, 5.74) is 22.3. The van der Waals surface area contributed by atoms with Gasteiger partial charge >= 0.3 is 0 Å². The molecule has 5 nitrogen and oxygen atoms in total. The van der Waals surface area contributed by atoms with E-state index < -0.39 is 0 Å². The Bertz CT molecular complexity index is 3690. The average Bonchev–Trinajstić information content (AvgIpc) is 3.90. The summed E-state index contributed by atoms with van der Waals surface area (Å²) in [5, 5.41) is 5.05. The van der Waals surface area contributed by atoms with Gasteiger partial charge in [-0.1, -0.05) is 177 Å². The summed E-state index contributed by atoms with van der Waals surface area (Å²) in [6.07, 6.45) is 0. The van der Waals surface area contributed by atoms with Crippen LogP contribution in [0.4, 0.5) is 0 Å². The Morgan fingerprint density at radius 3 is 1.27 bits per heavy atom. The fraction of sp³-hybridized carbons (Fsp3) is 0. The zero-order valence-electron chi connectivity index (χ0n) is 37.7. The molecule has 0 aliphatic rings. The third-order valence-corrected chi connectivity index (χ3v) is 13.7. The van der Waals surface area contributed by atoms with E-state index in [0.717, 1.165) is 44.5 Å². The number of benzene rings is 8. The molecule has 0 atom stereocenters. The van der Waals surface area contributed by atoms with Gasteiger partial charge in [0.25, 0.3) is 0 Å². The summed E-state index contributed by atoms with van der Waals surface area (Å²) in [6, 6.07) is 53.7. The number of hydrogen-bond donors (Lipinski definition) is 0. The van der Waals surface area contributed by atoms with Crippen LogP contribution in [0.1, 0.15) is 0 Å². The van der Waals surface area contributed by atoms with Crippen LogP contribution in [0.25, 0.3) is 100 Å². The minimum Gasteiger partial charge on any atom is -0.310 e. The lowest BCUT2D eigenvalue weighted by atomic mass is 9.72. The second-order valence-electron chi connectivity index (χ2n) is 17.6. The molecular weight excluding hydrogens is 769 g/mol. The molecule has 0 radical (unpaired) electrons. The van der Waals surface area contributed by atoms with Gasteiger partial charge in [0.2, 0.25) is 5.95 Å². The van der Waals surface area contributed by atoms with Gasteiger partial charge in [0.15, 0.2) is 11.6 Å². The van der Waals surface area contributed by atoms with Gasteiger partial charge in [-0.2, -0.15) is 9.97 Å². The molecule has 0 unspecified atom stereocenters. The Morgan fingerprint density at radius 2 is 0.703 bits per heavy atom. The van der Waals surface area contributed by atoms with Crippen LogP contribution in [-0.4, -0.2) is 86.9 Å². The molecule has 0 aliphatic heterocycles. The number of aromatic nitrogens is 5. The molecule has 8 aromatic carbocycles.